The van der Waals surface area contributed by atoms with Crippen LogP contribution in [0.3, 0.4) is 0 Å². The molecule has 0 radical (unpaired) electrons. The molecule has 0 N–H and O–H groups in total. The average molecular weight is 284 g/mol. The zero-order valence-corrected chi connectivity index (χ0v) is 9.30. The van der Waals surface area contributed by atoms with Crippen LogP contribution in [0.15, 0.2) is 0 Å². The summed E-state index contributed by atoms with van der Waals surface area (Å²) in [5.74, 6) is 0.0140. The molecule has 0 saturated heterocycles. The fourth-order valence-electron chi connectivity index (χ4n) is 0.671. The molecule has 0 bridgehead atoms. The van der Waals surface area contributed by atoms with Crippen LogP contribution in [0.4, 0.5) is 0 Å². The first-order valence-corrected chi connectivity index (χ1v) is 5.46. The number of alkyl halides is 1. The molecule has 3 nitrogen and oxygen atoms in total. The van der Waals surface area contributed by atoms with Crippen molar-refractivity contribution in [3.63, 3.8) is 0 Å². The maximum absolute atomic E-state index is 10.8. The molecule has 0 saturated carbocycles. The third-order valence-corrected chi connectivity index (χ3v) is 1.99. The molecule has 0 fully saturated rings. The summed E-state index contributed by atoms with van der Waals surface area (Å²) in [6.07, 6.45) is 1.74. The van der Waals surface area contributed by atoms with Crippen LogP contribution in [0.5, 0.6) is 0 Å². The van der Waals surface area contributed by atoms with Gasteiger partial charge >= 0.3 is 5.97 Å². The molecule has 0 heterocycles. The first kappa shape index (κ1) is 11.9. The maximum Gasteiger partial charge on any atom is 0.315 e. The van der Waals surface area contributed by atoms with Crippen molar-refractivity contribution in [1.29, 1.82) is 0 Å². The van der Waals surface area contributed by atoms with E-state index in [0.29, 0.717) is 30.3 Å². The highest BCUT2D eigenvalue weighted by atomic mass is 127. The number of hydrogen-bond acceptors (Lipinski definition) is 3. The molecular formula is C8H13IO3. The van der Waals surface area contributed by atoms with Crippen molar-refractivity contribution in [1.82, 2.24) is 0 Å². The predicted molar refractivity (Wildman–Crippen MR) is 54.4 cm³/mol. The summed E-state index contributed by atoms with van der Waals surface area (Å²) < 4.78 is 5.16. The van der Waals surface area contributed by atoms with E-state index in [0.717, 1.165) is 0 Å². The molecule has 4 heteroatoms. The third kappa shape index (κ3) is 6.57. The summed E-state index contributed by atoms with van der Waals surface area (Å²) in [4.78, 5) is 21.4. The molecule has 70 valence electrons. The summed E-state index contributed by atoms with van der Waals surface area (Å²) in [5.41, 5.74) is 0. The zero-order valence-electron chi connectivity index (χ0n) is 7.14. The number of rotatable bonds is 6. The van der Waals surface area contributed by atoms with Gasteiger partial charge in [0.1, 0.15) is 5.78 Å². The number of halogens is 1. The largest absolute Gasteiger partial charge is 0.465 e. The molecule has 0 rings (SSSR count). The number of esters is 1. The van der Waals surface area contributed by atoms with E-state index in [1.54, 1.807) is 0 Å². The van der Waals surface area contributed by atoms with E-state index in [9.17, 15) is 9.59 Å². The van der Waals surface area contributed by atoms with Gasteiger partial charge in [0.25, 0.3) is 0 Å². The molecule has 0 amide bonds. The van der Waals surface area contributed by atoms with Gasteiger partial charge in [0.05, 0.1) is 11.0 Å². The standard InChI is InChI=1S/C8H13IO3/c1-2-7(10)4-3-5-12-8(11)6-9/h2-6H2,1H3. The highest BCUT2D eigenvalue weighted by molar-refractivity contribution is 14.1. The Balaban J connectivity index is 3.21. The Morgan fingerprint density at radius 3 is 2.58 bits per heavy atom. The first-order chi connectivity index (χ1) is 5.70. The number of hydrogen-bond donors (Lipinski definition) is 0. The Morgan fingerprint density at radius 2 is 2.08 bits per heavy atom. The van der Waals surface area contributed by atoms with E-state index >= 15 is 0 Å². The summed E-state index contributed by atoms with van der Waals surface area (Å²) in [5, 5.41) is 0. The summed E-state index contributed by atoms with van der Waals surface area (Å²) >= 11 is 1.94. The average Bonchev–Trinajstić information content (AvgIpc) is 2.11. The van der Waals surface area contributed by atoms with E-state index in [-0.39, 0.29) is 11.8 Å². The summed E-state index contributed by atoms with van der Waals surface area (Å²) in [6.45, 7) is 2.20. The van der Waals surface area contributed by atoms with Gasteiger partial charge in [0.2, 0.25) is 0 Å². The molecule has 0 aliphatic heterocycles. The Morgan fingerprint density at radius 1 is 1.42 bits per heavy atom. The second-order valence-electron chi connectivity index (χ2n) is 2.35. The molecular weight excluding hydrogens is 271 g/mol. The monoisotopic (exact) mass is 284 g/mol. The van der Waals surface area contributed by atoms with Crippen LogP contribution < -0.4 is 0 Å². The van der Waals surface area contributed by atoms with Crippen LogP contribution in [0.1, 0.15) is 26.2 Å². The molecule has 0 spiro atoms. The van der Waals surface area contributed by atoms with Crippen LogP contribution in [0, 0.1) is 0 Å². The lowest BCUT2D eigenvalue weighted by Gasteiger charge is -2.00. The van der Waals surface area contributed by atoms with E-state index in [1.165, 1.54) is 0 Å². The SMILES string of the molecule is CCC(=O)CCCOC(=O)CI. The van der Waals surface area contributed by atoms with Gasteiger partial charge in [-0.1, -0.05) is 29.5 Å². The van der Waals surface area contributed by atoms with Crippen molar-refractivity contribution >= 4 is 34.3 Å². The van der Waals surface area contributed by atoms with Gasteiger partial charge in [-0.15, -0.1) is 0 Å². The smallest absolute Gasteiger partial charge is 0.315 e. The lowest BCUT2D eigenvalue weighted by atomic mass is 10.2. The molecule has 0 aliphatic rings. The van der Waals surface area contributed by atoms with E-state index < -0.39 is 0 Å². The number of Topliss-reactive ketones (excluding diaryl/α,β-unsaturated/α-hetero) is 1. The number of carbonyl (C=O) groups is 2. The zero-order chi connectivity index (χ0) is 9.40. The molecule has 0 aromatic heterocycles. The number of ketones is 1. The Hall–Kier alpha value is -0.130. The Kier molecular flexibility index (Phi) is 7.43. The minimum Gasteiger partial charge on any atom is -0.465 e. The topological polar surface area (TPSA) is 43.4 Å². The van der Waals surface area contributed by atoms with Crippen molar-refractivity contribution in [2.75, 3.05) is 11.0 Å². The van der Waals surface area contributed by atoms with Crippen molar-refractivity contribution in [2.45, 2.75) is 26.2 Å². The number of carbonyl (C=O) groups excluding carboxylic acids is 2. The van der Waals surface area contributed by atoms with Crippen molar-refractivity contribution in [3.8, 4) is 0 Å². The van der Waals surface area contributed by atoms with Crippen molar-refractivity contribution < 1.29 is 14.3 Å². The van der Waals surface area contributed by atoms with Crippen LogP contribution in [0.2, 0.25) is 0 Å². The van der Waals surface area contributed by atoms with Gasteiger partial charge in [-0.3, -0.25) is 9.59 Å². The van der Waals surface area contributed by atoms with Crippen LogP contribution in [-0.2, 0) is 14.3 Å². The van der Waals surface area contributed by atoms with Crippen LogP contribution >= 0.6 is 22.6 Å². The fraction of sp³-hybridized carbons (Fsp3) is 0.750. The lowest BCUT2D eigenvalue weighted by Crippen LogP contribution is -2.07. The normalized spacial score (nSPS) is 9.50. The highest BCUT2D eigenvalue weighted by Gasteiger charge is 2.00. The minimum atomic E-state index is -0.209. The fourth-order valence-corrected chi connectivity index (χ4v) is 0.891. The Labute approximate surface area is 86.0 Å². The summed E-state index contributed by atoms with van der Waals surface area (Å²) in [7, 11) is 0. The van der Waals surface area contributed by atoms with Crippen molar-refractivity contribution in [2.24, 2.45) is 0 Å². The van der Waals surface area contributed by atoms with Gasteiger partial charge in [-0.25, -0.2) is 0 Å². The third-order valence-electron chi connectivity index (χ3n) is 1.37. The molecule has 0 unspecified atom stereocenters. The minimum absolute atomic E-state index is 0.209. The highest BCUT2D eigenvalue weighted by Crippen LogP contribution is 1.96. The Bertz CT molecular complexity index is 138. The molecule has 0 atom stereocenters. The van der Waals surface area contributed by atoms with Gasteiger partial charge < -0.3 is 4.74 Å². The van der Waals surface area contributed by atoms with Crippen LogP contribution in [-0.4, -0.2) is 22.8 Å². The lowest BCUT2D eigenvalue weighted by molar-refractivity contribution is -0.140. The molecule has 12 heavy (non-hydrogen) atoms. The number of ether oxygens (including phenoxy) is 1. The van der Waals surface area contributed by atoms with Gasteiger partial charge in [-0.05, 0) is 6.42 Å². The second-order valence-corrected chi connectivity index (χ2v) is 3.11. The molecule has 0 aliphatic carbocycles. The first-order valence-electron chi connectivity index (χ1n) is 3.94. The van der Waals surface area contributed by atoms with Gasteiger partial charge in [-0.2, -0.15) is 0 Å². The maximum atomic E-state index is 10.8. The van der Waals surface area contributed by atoms with Crippen molar-refractivity contribution in [3.05, 3.63) is 0 Å². The predicted octanol–water partition coefficient (Wildman–Crippen LogP) is 1.72. The van der Waals surface area contributed by atoms with E-state index in [1.807, 2.05) is 29.5 Å². The quantitative estimate of drug-likeness (QED) is 0.323. The summed E-state index contributed by atoms with van der Waals surface area (Å²) in [6, 6.07) is 0. The van der Waals surface area contributed by atoms with Gasteiger partial charge in [0.15, 0.2) is 0 Å². The van der Waals surface area contributed by atoms with E-state index in [2.05, 4.69) is 0 Å². The van der Waals surface area contributed by atoms with Crippen LogP contribution in [0.25, 0.3) is 0 Å². The van der Waals surface area contributed by atoms with E-state index in [4.69, 9.17) is 4.74 Å². The molecule has 0 aromatic rings. The second kappa shape index (κ2) is 7.52. The van der Waals surface area contributed by atoms with Gasteiger partial charge in [0, 0.05) is 12.8 Å². The molecule has 0 aromatic carbocycles.